The van der Waals surface area contributed by atoms with Gasteiger partial charge in [-0.25, -0.2) is 4.98 Å². The van der Waals surface area contributed by atoms with Crippen LogP contribution in [0.5, 0.6) is 0 Å². The van der Waals surface area contributed by atoms with E-state index >= 15 is 0 Å². The van der Waals surface area contributed by atoms with E-state index in [1.807, 2.05) is 6.07 Å². The van der Waals surface area contributed by atoms with Crippen molar-refractivity contribution in [3.05, 3.63) is 24.0 Å². The number of fused-ring (bicyclic) bond motifs is 1. The molecule has 2 rings (SSSR count). The molecule has 0 saturated heterocycles. The topological polar surface area (TPSA) is 45.8 Å². The molecular formula is C8H6N2OS. The van der Waals surface area contributed by atoms with E-state index in [4.69, 9.17) is 0 Å². The second kappa shape index (κ2) is 2.64. The lowest BCUT2D eigenvalue weighted by Gasteiger charge is -1.96. The molecule has 0 amide bonds. The van der Waals surface area contributed by atoms with E-state index in [0.717, 1.165) is 17.3 Å². The number of aromatic amines is 1. The number of carbonyl (C=O) groups excluding carboxylic acids is 1. The fourth-order valence-corrected chi connectivity index (χ4v) is 1.41. The lowest BCUT2D eigenvalue weighted by Crippen LogP contribution is -1.83. The molecule has 1 N–H and O–H groups in total. The Labute approximate surface area is 74.2 Å². The van der Waals surface area contributed by atoms with E-state index < -0.39 is 0 Å². The first-order valence-corrected chi connectivity index (χ1v) is 3.88. The number of carbonyl (C=O) groups is 1. The molecule has 0 unspecified atom stereocenters. The van der Waals surface area contributed by atoms with Gasteiger partial charge in [0.1, 0.15) is 5.52 Å². The molecule has 1 aromatic heterocycles. The predicted molar refractivity (Wildman–Crippen MR) is 48.7 cm³/mol. The van der Waals surface area contributed by atoms with Crippen molar-refractivity contribution >= 4 is 29.9 Å². The molecule has 1 aromatic carbocycles. The van der Waals surface area contributed by atoms with Crippen LogP contribution in [0.4, 0.5) is 0 Å². The molecule has 0 aliphatic heterocycles. The van der Waals surface area contributed by atoms with Crippen molar-refractivity contribution in [3.8, 4) is 0 Å². The van der Waals surface area contributed by atoms with E-state index in [9.17, 15) is 4.79 Å². The number of aldehydes is 1. The summed E-state index contributed by atoms with van der Waals surface area (Å²) in [6.07, 6.45) is 2.36. The van der Waals surface area contributed by atoms with Crippen molar-refractivity contribution in [2.24, 2.45) is 0 Å². The molecule has 0 fully saturated rings. The zero-order chi connectivity index (χ0) is 8.55. The molecule has 4 heteroatoms. The maximum Gasteiger partial charge on any atom is 0.151 e. The molecule has 0 aliphatic rings. The Morgan fingerprint density at radius 2 is 2.33 bits per heavy atom. The highest BCUT2D eigenvalue weighted by Crippen LogP contribution is 2.21. The van der Waals surface area contributed by atoms with Crippen LogP contribution in [0.1, 0.15) is 10.4 Å². The zero-order valence-corrected chi connectivity index (χ0v) is 7.01. The smallest absolute Gasteiger partial charge is 0.151 e. The monoisotopic (exact) mass is 178 g/mol. The molecule has 12 heavy (non-hydrogen) atoms. The number of H-pyrrole nitrogens is 1. The summed E-state index contributed by atoms with van der Waals surface area (Å²) in [4.78, 5) is 18.1. The number of hydrogen-bond donors (Lipinski definition) is 2. The van der Waals surface area contributed by atoms with E-state index in [-0.39, 0.29) is 0 Å². The van der Waals surface area contributed by atoms with Gasteiger partial charge in [-0.1, -0.05) is 0 Å². The van der Waals surface area contributed by atoms with Crippen molar-refractivity contribution in [1.82, 2.24) is 9.97 Å². The average Bonchev–Trinajstić information content (AvgIpc) is 2.53. The van der Waals surface area contributed by atoms with E-state index in [1.165, 1.54) is 0 Å². The third-order valence-electron chi connectivity index (χ3n) is 1.72. The Hall–Kier alpha value is -1.29. The fraction of sp³-hybridized carbons (Fsp3) is 0. The number of nitrogens with zero attached hydrogens (tertiary/aromatic N) is 1. The highest BCUT2D eigenvalue weighted by Gasteiger charge is 2.04. The lowest BCUT2D eigenvalue weighted by molar-refractivity contribution is 0.112. The summed E-state index contributed by atoms with van der Waals surface area (Å²) in [6.45, 7) is 0. The quantitative estimate of drug-likeness (QED) is 0.515. The number of thiol groups is 1. The lowest BCUT2D eigenvalue weighted by atomic mass is 10.2. The third-order valence-corrected chi connectivity index (χ3v) is 2.19. The van der Waals surface area contributed by atoms with Crippen LogP contribution in [-0.2, 0) is 0 Å². The van der Waals surface area contributed by atoms with E-state index in [0.29, 0.717) is 10.5 Å². The predicted octanol–water partition coefficient (Wildman–Crippen LogP) is 1.66. The minimum Gasteiger partial charge on any atom is -0.345 e. The summed E-state index contributed by atoms with van der Waals surface area (Å²) < 4.78 is 0. The largest absolute Gasteiger partial charge is 0.345 e. The summed E-state index contributed by atoms with van der Waals surface area (Å²) in [5, 5.41) is 0. The van der Waals surface area contributed by atoms with Crippen molar-refractivity contribution in [2.75, 3.05) is 0 Å². The fourth-order valence-electron chi connectivity index (χ4n) is 1.10. The van der Waals surface area contributed by atoms with Gasteiger partial charge in [0.15, 0.2) is 6.29 Å². The highest BCUT2D eigenvalue weighted by molar-refractivity contribution is 7.80. The van der Waals surface area contributed by atoms with E-state index in [2.05, 4.69) is 22.6 Å². The Morgan fingerprint density at radius 1 is 1.50 bits per heavy atom. The van der Waals surface area contributed by atoms with Crippen molar-refractivity contribution in [3.63, 3.8) is 0 Å². The minimum absolute atomic E-state index is 0.568. The van der Waals surface area contributed by atoms with E-state index in [1.54, 1.807) is 12.4 Å². The molecule has 3 nitrogen and oxygen atoms in total. The van der Waals surface area contributed by atoms with Gasteiger partial charge < -0.3 is 4.98 Å². The summed E-state index contributed by atoms with van der Waals surface area (Å²) in [5.74, 6) is 0. The van der Waals surface area contributed by atoms with Crippen molar-refractivity contribution in [2.45, 2.75) is 4.90 Å². The zero-order valence-electron chi connectivity index (χ0n) is 6.11. The Morgan fingerprint density at radius 3 is 3.08 bits per heavy atom. The van der Waals surface area contributed by atoms with Gasteiger partial charge in [-0.2, -0.15) is 0 Å². The molecule has 0 saturated carbocycles. The van der Waals surface area contributed by atoms with Crippen LogP contribution in [-0.4, -0.2) is 16.3 Å². The highest BCUT2D eigenvalue weighted by atomic mass is 32.1. The molecule has 0 spiro atoms. The Balaban J connectivity index is 2.86. The summed E-state index contributed by atoms with van der Waals surface area (Å²) in [5.41, 5.74) is 2.20. The number of benzene rings is 1. The first-order chi connectivity index (χ1) is 5.83. The maximum atomic E-state index is 10.5. The van der Waals surface area contributed by atoms with Gasteiger partial charge in [-0.05, 0) is 12.1 Å². The van der Waals surface area contributed by atoms with Crippen LogP contribution >= 0.6 is 12.6 Å². The van der Waals surface area contributed by atoms with Gasteiger partial charge in [0.25, 0.3) is 0 Å². The minimum atomic E-state index is 0.568. The summed E-state index contributed by atoms with van der Waals surface area (Å²) in [7, 11) is 0. The molecule has 1 heterocycles. The first kappa shape index (κ1) is 7.36. The van der Waals surface area contributed by atoms with Gasteiger partial charge in [0, 0.05) is 10.5 Å². The van der Waals surface area contributed by atoms with Crippen molar-refractivity contribution in [1.29, 1.82) is 0 Å². The third kappa shape index (κ3) is 0.921. The number of imidazole rings is 1. The molecule has 0 radical (unpaired) electrons. The van der Waals surface area contributed by atoms with Crippen LogP contribution in [0.15, 0.2) is 23.4 Å². The normalized spacial score (nSPS) is 10.4. The molecule has 60 valence electrons. The van der Waals surface area contributed by atoms with Gasteiger partial charge in [0.05, 0.1) is 11.8 Å². The standard InChI is InChI=1S/C8H6N2OS/c11-3-5-1-2-6-7(8(5)12)10-4-9-6/h1-4,12H,(H,9,10). The SMILES string of the molecule is O=Cc1ccc2[nH]cnc2c1S. The van der Waals surface area contributed by atoms with Crippen molar-refractivity contribution < 1.29 is 4.79 Å². The summed E-state index contributed by atoms with van der Waals surface area (Å²) in [6, 6.07) is 3.53. The van der Waals surface area contributed by atoms with Crippen LogP contribution in [0.3, 0.4) is 0 Å². The average molecular weight is 178 g/mol. The van der Waals surface area contributed by atoms with Gasteiger partial charge in [-0.15, -0.1) is 12.6 Å². The second-order valence-corrected chi connectivity index (χ2v) is 2.87. The molecule has 0 bridgehead atoms. The van der Waals surface area contributed by atoms with Crippen LogP contribution < -0.4 is 0 Å². The summed E-state index contributed by atoms with van der Waals surface area (Å²) >= 11 is 4.20. The van der Waals surface area contributed by atoms with Gasteiger partial charge in [0.2, 0.25) is 0 Å². The van der Waals surface area contributed by atoms with Crippen LogP contribution in [0.25, 0.3) is 11.0 Å². The molecule has 2 aromatic rings. The van der Waals surface area contributed by atoms with Crippen LogP contribution in [0.2, 0.25) is 0 Å². The van der Waals surface area contributed by atoms with Gasteiger partial charge >= 0.3 is 0 Å². The molecule has 0 atom stereocenters. The molecular weight excluding hydrogens is 172 g/mol. The number of rotatable bonds is 1. The van der Waals surface area contributed by atoms with Crippen LogP contribution in [0, 0.1) is 0 Å². The maximum absolute atomic E-state index is 10.5. The Bertz CT molecular complexity index is 436. The second-order valence-electron chi connectivity index (χ2n) is 2.42. The Kier molecular flexibility index (Phi) is 1.62. The first-order valence-electron chi connectivity index (χ1n) is 3.43. The van der Waals surface area contributed by atoms with Gasteiger partial charge in [-0.3, -0.25) is 4.79 Å². The molecule has 0 aliphatic carbocycles. The number of hydrogen-bond acceptors (Lipinski definition) is 3. The number of aromatic nitrogens is 2. The number of nitrogens with one attached hydrogen (secondary N) is 1.